The lowest BCUT2D eigenvalue weighted by molar-refractivity contribution is 0.412. The van der Waals surface area contributed by atoms with Gasteiger partial charge in [0.15, 0.2) is 5.76 Å². The molecule has 1 heterocycles. The summed E-state index contributed by atoms with van der Waals surface area (Å²) in [5.74, 6) is 2.22. The Morgan fingerprint density at radius 2 is 2.22 bits per heavy atom. The molecule has 0 aliphatic carbocycles. The van der Waals surface area contributed by atoms with Crippen LogP contribution < -0.4 is 10.1 Å². The second-order valence-corrected chi connectivity index (χ2v) is 4.78. The Kier molecular flexibility index (Phi) is 4.04. The molecule has 0 radical (unpaired) electrons. The van der Waals surface area contributed by atoms with Crippen LogP contribution in [-0.2, 0) is 0 Å². The van der Waals surface area contributed by atoms with Crippen molar-refractivity contribution in [2.24, 2.45) is 0 Å². The van der Waals surface area contributed by atoms with Gasteiger partial charge in [-0.1, -0.05) is 0 Å². The number of hydrogen-bond donors (Lipinski definition) is 1. The standard InChI is InChI=1S/C13H15BrN2O2/c1-8(15-2)13-16-7-12(18-13)9-4-5-11(17-3)10(14)6-9/h4-8,15H,1-3H3. The van der Waals surface area contributed by atoms with Gasteiger partial charge in [-0.15, -0.1) is 0 Å². The lowest BCUT2D eigenvalue weighted by Crippen LogP contribution is -2.12. The third-order valence-electron chi connectivity index (χ3n) is 2.76. The van der Waals surface area contributed by atoms with E-state index in [1.807, 2.05) is 32.2 Å². The van der Waals surface area contributed by atoms with Crippen molar-refractivity contribution in [1.82, 2.24) is 10.3 Å². The number of aromatic nitrogens is 1. The Morgan fingerprint density at radius 3 is 2.83 bits per heavy atom. The molecule has 4 nitrogen and oxygen atoms in total. The summed E-state index contributed by atoms with van der Waals surface area (Å²) in [5, 5.41) is 3.09. The topological polar surface area (TPSA) is 47.3 Å². The molecule has 0 spiro atoms. The number of benzene rings is 1. The molecule has 0 aliphatic heterocycles. The van der Waals surface area contributed by atoms with Crippen molar-refractivity contribution in [3.63, 3.8) is 0 Å². The van der Waals surface area contributed by atoms with E-state index in [9.17, 15) is 0 Å². The molecule has 0 aliphatic rings. The van der Waals surface area contributed by atoms with Gasteiger partial charge in [0.2, 0.25) is 5.89 Å². The van der Waals surface area contributed by atoms with E-state index in [1.54, 1.807) is 13.3 Å². The molecule has 2 aromatic rings. The second-order valence-electron chi connectivity index (χ2n) is 3.92. The highest BCUT2D eigenvalue weighted by Gasteiger charge is 2.12. The predicted octanol–water partition coefficient (Wildman–Crippen LogP) is 3.39. The van der Waals surface area contributed by atoms with Crippen LogP contribution in [0.3, 0.4) is 0 Å². The number of ether oxygens (including phenoxy) is 1. The molecule has 0 bridgehead atoms. The van der Waals surface area contributed by atoms with Gasteiger partial charge in [-0.05, 0) is 48.1 Å². The fourth-order valence-electron chi connectivity index (χ4n) is 1.56. The van der Waals surface area contributed by atoms with Crippen LogP contribution in [-0.4, -0.2) is 19.1 Å². The number of nitrogens with one attached hydrogen (secondary N) is 1. The van der Waals surface area contributed by atoms with Gasteiger partial charge < -0.3 is 14.5 Å². The smallest absolute Gasteiger partial charge is 0.211 e. The monoisotopic (exact) mass is 310 g/mol. The number of oxazole rings is 1. The van der Waals surface area contributed by atoms with Crippen molar-refractivity contribution in [3.05, 3.63) is 34.8 Å². The maximum atomic E-state index is 5.72. The summed E-state index contributed by atoms with van der Waals surface area (Å²) in [6.45, 7) is 2.00. The summed E-state index contributed by atoms with van der Waals surface area (Å²) in [5.41, 5.74) is 0.963. The van der Waals surface area contributed by atoms with Crippen molar-refractivity contribution in [2.75, 3.05) is 14.2 Å². The number of rotatable bonds is 4. The first kappa shape index (κ1) is 13.1. The number of hydrogen-bond acceptors (Lipinski definition) is 4. The van der Waals surface area contributed by atoms with Gasteiger partial charge in [-0.2, -0.15) is 0 Å². The number of methoxy groups -OCH3 is 1. The minimum atomic E-state index is 0.0976. The molecule has 2 rings (SSSR count). The van der Waals surface area contributed by atoms with Gasteiger partial charge in [0, 0.05) is 5.56 Å². The lowest BCUT2D eigenvalue weighted by Gasteiger charge is -2.05. The van der Waals surface area contributed by atoms with E-state index in [1.165, 1.54) is 0 Å². The minimum Gasteiger partial charge on any atom is -0.496 e. The molecule has 1 aromatic carbocycles. The normalized spacial score (nSPS) is 12.4. The highest BCUT2D eigenvalue weighted by molar-refractivity contribution is 9.10. The Morgan fingerprint density at radius 1 is 1.44 bits per heavy atom. The van der Waals surface area contributed by atoms with Gasteiger partial charge in [0.1, 0.15) is 5.75 Å². The van der Waals surface area contributed by atoms with E-state index in [0.717, 1.165) is 21.5 Å². The Balaban J connectivity index is 2.31. The lowest BCUT2D eigenvalue weighted by atomic mass is 10.2. The molecule has 0 amide bonds. The fourth-order valence-corrected chi connectivity index (χ4v) is 2.11. The second kappa shape index (κ2) is 5.54. The molecule has 1 atom stereocenters. The van der Waals surface area contributed by atoms with Crippen LogP contribution in [0, 0.1) is 0 Å². The van der Waals surface area contributed by atoms with Crippen LogP contribution in [0.4, 0.5) is 0 Å². The van der Waals surface area contributed by atoms with Gasteiger partial charge >= 0.3 is 0 Å². The largest absolute Gasteiger partial charge is 0.496 e. The first-order valence-electron chi connectivity index (χ1n) is 5.62. The van der Waals surface area contributed by atoms with Crippen molar-refractivity contribution < 1.29 is 9.15 Å². The zero-order chi connectivity index (χ0) is 13.1. The van der Waals surface area contributed by atoms with Gasteiger partial charge in [-0.3, -0.25) is 0 Å². The highest BCUT2D eigenvalue weighted by atomic mass is 79.9. The Hall–Kier alpha value is -1.33. The average molecular weight is 311 g/mol. The minimum absolute atomic E-state index is 0.0976. The van der Waals surface area contributed by atoms with Crippen LogP contribution in [0.25, 0.3) is 11.3 Å². The summed E-state index contributed by atoms with van der Waals surface area (Å²) in [7, 11) is 3.51. The van der Waals surface area contributed by atoms with Crippen LogP contribution >= 0.6 is 15.9 Å². The average Bonchev–Trinajstić information content (AvgIpc) is 2.87. The molecule has 0 saturated carbocycles. The summed E-state index contributed by atoms with van der Waals surface area (Å²) in [6, 6.07) is 5.88. The Bertz CT molecular complexity index is 540. The SMILES string of the molecule is CNC(C)c1ncc(-c2ccc(OC)c(Br)c2)o1. The van der Waals surface area contributed by atoms with Crippen LogP contribution in [0.5, 0.6) is 5.75 Å². The van der Waals surface area contributed by atoms with Crippen LogP contribution in [0.15, 0.2) is 33.3 Å². The van der Waals surface area contributed by atoms with Gasteiger partial charge in [0.05, 0.1) is 23.8 Å². The maximum Gasteiger partial charge on any atom is 0.211 e. The van der Waals surface area contributed by atoms with E-state index in [-0.39, 0.29) is 6.04 Å². The molecular formula is C13H15BrN2O2. The maximum absolute atomic E-state index is 5.72. The molecular weight excluding hydrogens is 296 g/mol. The van der Waals surface area contributed by atoms with E-state index < -0.39 is 0 Å². The third kappa shape index (κ3) is 2.57. The van der Waals surface area contributed by atoms with Crippen molar-refractivity contribution in [1.29, 1.82) is 0 Å². The first-order chi connectivity index (χ1) is 8.65. The molecule has 0 fully saturated rings. The van der Waals surface area contributed by atoms with Gasteiger partial charge in [0.25, 0.3) is 0 Å². The third-order valence-corrected chi connectivity index (χ3v) is 3.38. The quantitative estimate of drug-likeness (QED) is 0.940. The predicted molar refractivity (Wildman–Crippen MR) is 73.7 cm³/mol. The van der Waals surface area contributed by atoms with E-state index >= 15 is 0 Å². The molecule has 18 heavy (non-hydrogen) atoms. The molecule has 1 N–H and O–H groups in total. The van der Waals surface area contributed by atoms with E-state index in [0.29, 0.717) is 5.89 Å². The Labute approximate surface area is 114 Å². The molecule has 0 saturated heterocycles. The molecule has 1 unspecified atom stereocenters. The zero-order valence-corrected chi connectivity index (χ0v) is 12.1. The number of halogens is 1. The molecule has 5 heteroatoms. The summed E-state index contributed by atoms with van der Waals surface area (Å²) >= 11 is 3.45. The van der Waals surface area contributed by atoms with E-state index in [2.05, 4.69) is 26.2 Å². The van der Waals surface area contributed by atoms with Crippen molar-refractivity contribution >= 4 is 15.9 Å². The molecule has 1 aromatic heterocycles. The van der Waals surface area contributed by atoms with Crippen molar-refractivity contribution in [3.8, 4) is 17.1 Å². The van der Waals surface area contributed by atoms with Crippen molar-refractivity contribution in [2.45, 2.75) is 13.0 Å². The van der Waals surface area contributed by atoms with Crippen LogP contribution in [0.1, 0.15) is 18.9 Å². The van der Waals surface area contributed by atoms with E-state index in [4.69, 9.17) is 9.15 Å². The summed E-state index contributed by atoms with van der Waals surface area (Å²) in [4.78, 5) is 4.26. The fraction of sp³-hybridized carbons (Fsp3) is 0.308. The van der Waals surface area contributed by atoms with Crippen LogP contribution in [0.2, 0.25) is 0 Å². The van der Waals surface area contributed by atoms with Gasteiger partial charge in [-0.25, -0.2) is 4.98 Å². The summed E-state index contributed by atoms with van der Waals surface area (Å²) < 4.78 is 11.8. The zero-order valence-electron chi connectivity index (χ0n) is 10.5. The highest BCUT2D eigenvalue weighted by Crippen LogP contribution is 2.31. The molecule has 96 valence electrons. The summed E-state index contributed by atoms with van der Waals surface area (Å²) in [6.07, 6.45) is 1.73. The first-order valence-corrected chi connectivity index (χ1v) is 6.42. The number of nitrogens with zero attached hydrogens (tertiary/aromatic N) is 1.